The Labute approximate surface area is 94.8 Å². The molecule has 0 aliphatic heterocycles. The lowest BCUT2D eigenvalue weighted by atomic mass is 10.2. The third-order valence-corrected chi connectivity index (χ3v) is 1.88. The van der Waals surface area contributed by atoms with Crippen LogP contribution in [0.5, 0.6) is 11.5 Å². The highest BCUT2D eigenvalue weighted by Crippen LogP contribution is 2.24. The Balaban J connectivity index is 2.77. The first-order valence-corrected chi connectivity index (χ1v) is 5.11. The highest BCUT2D eigenvalue weighted by Gasteiger charge is 2.05. The van der Waals surface area contributed by atoms with Crippen molar-refractivity contribution < 1.29 is 19.4 Å². The summed E-state index contributed by atoms with van der Waals surface area (Å²) in [5.41, 5.74) is 0.886. The Hall–Kier alpha value is -1.71. The molecule has 1 N–H and O–H groups in total. The van der Waals surface area contributed by atoms with Crippen LogP contribution in [-0.2, 0) is 4.79 Å². The Morgan fingerprint density at radius 1 is 1.44 bits per heavy atom. The predicted octanol–water partition coefficient (Wildman–Crippen LogP) is 2.25. The molecular weight excluding hydrogens is 208 g/mol. The van der Waals surface area contributed by atoms with Crippen molar-refractivity contribution in [3.05, 3.63) is 23.8 Å². The molecule has 1 rings (SSSR count). The van der Waals surface area contributed by atoms with E-state index in [9.17, 15) is 4.79 Å². The van der Waals surface area contributed by atoms with E-state index in [1.165, 1.54) is 0 Å². The first-order chi connectivity index (χ1) is 7.49. The molecule has 1 aromatic carbocycles. The standard InChI is InChI=1S/C12H16O4/c1-8(2)16-10-5-4-9(3)11(6-10)15-7-12(13)14/h4-6,8H,7H2,1-3H3,(H,13,14). The zero-order valence-corrected chi connectivity index (χ0v) is 9.69. The van der Waals surface area contributed by atoms with Crippen molar-refractivity contribution in [1.29, 1.82) is 0 Å². The number of carboxylic acid groups (broad SMARTS) is 1. The second-order valence-electron chi connectivity index (χ2n) is 3.78. The molecule has 0 saturated heterocycles. The molecular formula is C12H16O4. The van der Waals surface area contributed by atoms with Crippen LogP contribution in [0.15, 0.2) is 18.2 Å². The van der Waals surface area contributed by atoms with Gasteiger partial charge in [0.15, 0.2) is 6.61 Å². The average molecular weight is 224 g/mol. The van der Waals surface area contributed by atoms with Gasteiger partial charge in [0, 0.05) is 6.07 Å². The normalized spacial score (nSPS) is 10.2. The van der Waals surface area contributed by atoms with E-state index in [1.807, 2.05) is 32.9 Å². The van der Waals surface area contributed by atoms with Gasteiger partial charge in [-0.15, -0.1) is 0 Å². The number of hydrogen-bond donors (Lipinski definition) is 1. The Kier molecular flexibility index (Phi) is 4.17. The third-order valence-electron chi connectivity index (χ3n) is 1.88. The van der Waals surface area contributed by atoms with E-state index in [0.717, 1.165) is 5.56 Å². The number of rotatable bonds is 5. The third kappa shape index (κ3) is 3.81. The molecule has 0 amide bonds. The van der Waals surface area contributed by atoms with Gasteiger partial charge in [0.2, 0.25) is 0 Å². The molecule has 0 fully saturated rings. The number of benzene rings is 1. The number of aliphatic carboxylic acids is 1. The number of carbonyl (C=O) groups is 1. The minimum Gasteiger partial charge on any atom is -0.491 e. The van der Waals surface area contributed by atoms with Crippen molar-refractivity contribution in [3.8, 4) is 11.5 Å². The maximum absolute atomic E-state index is 10.4. The Morgan fingerprint density at radius 2 is 2.12 bits per heavy atom. The quantitative estimate of drug-likeness (QED) is 0.833. The minimum absolute atomic E-state index is 0.0787. The SMILES string of the molecule is Cc1ccc(OC(C)C)cc1OCC(=O)O. The first-order valence-electron chi connectivity index (χ1n) is 5.11. The summed E-state index contributed by atoms with van der Waals surface area (Å²) in [4.78, 5) is 10.4. The molecule has 4 nitrogen and oxygen atoms in total. The van der Waals surface area contributed by atoms with E-state index >= 15 is 0 Å². The number of hydrogen-bond acceptors (Lipinski definition) is 3. The maximum Gasteiger partial charge on any atom is 0.341 e. The van der Waals surface area contributed by atoms with E-state index in [0.29, 0.717) is 11.5 Å². The lowest BCUT2D eigenvalue weighted by molar-refractivity contribution is -0.139. The van der Waals surface area contributed by atoms with E-state index in [1.54, 1.807) is 6.07 Å². The molecule has 0 bridgehead atoms. The summed E-state index contributed by atoms with van der Waals surface area (Å²) in [6, 6.07) is 5.39. The lowest BCUT2D eigenvalue weighted by Gasteiger charge is -2.12. The Bertz CT molecular complexity index is 371. The molecule has 88 valence electrons. The van der Waals surface area contributed by atoms with Gasteiger partial charge in [0.25, 0.3) is 0 Å². The van der Waals surface area contributed by atoms with Crippen LogP contribution in [0.2, 0.25) is 0 Å². The zero-order chi connectivity index (χ0) is 12.1. The van der Waals surface area contributed by atoms with E-state index in [-0.39, 0.29) is 12.7 Å². The second-order valence-corrected chi connectivity index (χ2v) is 3.78. The van der Waals surface area contributed by atoms with Crippen molar-refractivity contribution >= 4 is 5.97 Å². The van der Waals surface area contributed by atoms with Crippen LogP contribution >= 0.6 is 0 Å². The molecule has 0 atom stereocenters. The molecule has 0 radical (unpaired) electrons. The Morgan fingerprint density at radius 3 is 2.69 bits per heavy atom. The van der Waals surface area contributed by atoms with Crippen LogP contribution in [0.4, 0.5) is 0 Å². The molecule has 0 heterocycles. The fraction of sp³-hybridized carbons (Fsp3) is 0.417. The first kappa shape index (κ1) is 12.4. The van der Waals surface area contributed by atoms with Gasteiger partial charge in [0.1, 0.15) is 11.5 Å². The maximum atomic E-state index is 10.4. The monoisotopic (exact) mass is 224 g/mol. The highest BCUT2D eigenvalue weighted by molar-refractivity contribution is 5.68. The van der Waals surface area contributed by atoms with Crippen molar-refractivity contribution in [3.63, 3.8) is 0 Å². The molecule has 0 aromatic heterocycles. The van der Waals surface area contributed by atoms with Gasteiger partial charge in [-0.05, 0) is 32.4 Å². The number of carboxylic acids is 1. The summed E-state index contributed by atoms with van der Waals surface area (Å²) >= 11 is 0. The highest BCUT2D eigenvalue weighted by atomic mass is 16.5. The fourth-order valence-electron chi connectivity index (χ4n) is 1.22. The van der Waals surface area contributed by atoms with Crippen LogP contribution in [0, 0.1) is 6.92 Å². The van der Waals surface area contributed by atoms with Gasteiger partial charge >= 0.3 is 5.97 Å². The van der Waals surface area contributed by atoms with Crippen molar-refractivity contribution in [2.24, 2.45) is 0 Å². The molecule has 4 heteroatoms. The molecule has 0 spiro atoms. The summed E-state index contributed by atoms with van der Waals surface area (Å²) in [5.74, 6) is 0.233. The van der Waals surface area contributed by atoms with Crippen LogP contribution in [0.3, 0.4) is 0 Å². The van der Waals surface area contributed by atoms with E-state index in [2.05, 4.69) is 0 Å². The smallest absolute Gasteiger partial charge is 0.341 e. The second kappa shape index (κ2) is 5.39. The molecule has 0 unspecified atom stereocenters. The van der Waals surface area contributed by atoms with Crippen LogP contribution in [0.1, 0.15) is 19.4 Å². The summed E-state index contributed by atoms with van der Waals surface area (Å²) in [7, 11) is 0. The van der Waals surface area contributed by atoms with Gasteiger partial charge in [0.05, 0.1) is 6.10 Å². The lowest BCUT2D eigenvalue weighted by Crippen LogP contribution is -2.10. The van der Waals surface area contributed by atoms with Gasteiger partial charge < -0.3 is 14.6 Å². The van der Waals surface area contributed by atoms with Gasteiger partial charge in [-0.25, -0.2) is 4.79 Å². The van der Waals surface area contributed by atoms with Gasteiger partial charge in [-0.2, -0.15) is 0 Å². The summed E-state index contributed by atoms with van der Waals surface area (Å²) < 4.78 is 10.6. The fourth-order valence-corrected chi connectivity index (χ4v) is 1.22. The van der Waals surface area contributed by atoms with Gasteiger partial charge in [-0.1, -0.05) is 6.07 Å². The topological polar surface area (TPSA) is 55.8 Å². The number of ether oxygens (including phenoxy) is 2. The molecule has 0 aliphatic rings. The number of aryl methyl sites for hydroxylation is 1. The van der Waals surface area contributed by atoms with Gasteiger partial charge in [-0.3, -0.25) is 0 Å². The largest absolute Gasteiger partial charge is 0.491 e. The predicted molar refractivity (Wildman–Crippen MR) is 60.1 cm³/mol. The summed E-state index contributed by atoms with van der Waals surface area (Å²) in [6.45, 7) is 5.37. The van der Waals surface area contributed by atoms with E-state index < -0.39 is 5.97 Å². The van der Waals surface area contributed by atoms with Crippen LogP contribution in [0.25, 0.3) is 0 Å². The molecule has 0 saturated carbocycles. The van der Waals surface area contributed by atoms with Crippen molar-refractivity contribution in [2.45, 2.75) is 26.9 Å². The van der Waals surface area contributed by atoms with Crippen LogP contribution < -0.4 is 9.47 Å². The summed E-state index contributed by atoms with van der Waals surface area (Å²) in [5, 5.41) is 8.52. The van der Waals surface area contributed by atoms with Crippen LogP contribution in [-0.4, -0.2) is 23.8 Å². The van der Waals surface area contributed by atoms with Crippen molar-refractivity contribution in [2.75, 3.05) is 6.61 Å². The van der Waals surface area contributed by atoms with E-state index in [4.69, 9.17) is 14.6 Å². The minimum atomic E-state index is -0.991. The average Bonchev–Trinajstić information content (AvgIpc) is 2.18. The zero-order valence-electron chi connectivity index (χ0n) is 9.69. The summed E-state index contributed by atoms with van der Waals surface area (Å²) in [6.07, 6.45) is 0.0787. The molecule has 0 aliphatic carbocycles. The molecule has 16 heavy (non-hydrogen) atoms. The van der Waals surface area contributed by atoms with Crippen molar-refractivity contribution in [1.82, 2.24) is 0 Å². The molecule has 1 aromatic rings.